The quantitative estimate of drug-likeness (QED) is 0.339. The Balaban J connectivity index is 1.71. The topological polar surface area (TPSA) is 51.6 Å². The van der Waals surface area contributed by atoms with Crippen molar-refractivity contribution in [2.45, 2.75) is 6.92 Å². The van der Waals surface area contributed by atoms with E-state index in [1.54, 1.807) is 12.4 Å². The molecule has 2 aromatic carbocycles. The summed E-state index contributed by atoms with van der Waals surface area (Å²) >= 11 is 0. The molecule has 0 saturated heterocycles. The third-order valence-electron chi connectivity index (χ3n) is 4.31. The highest BCUT2D eigenvalue weighted by Crippen LogP contribution is 2.31. The minimum Gasteiger partial charge on any atom is -0.236 e. The Labute approximate surface area is 167 Å². The SMILES string of the molecule is Cc1cnc(-c2cnc(-c3ccc(-c4cc(F)c(F)c(F)c4)c(F)c3F)nc2)nc1. The lowest BCUT2D eigenvalue weighted by Crippen LogP contribution is -1.99. The molecule has 150 valence electrons. The van der Waals surface area contributed by atoms with E-state index in [2.05, 4.69) is 19.9 Å². The average Bonchev–Trinajstić information content (AvgIpc) is 2.74. The Bertz CT molecular complexity index is 1220. The molecule has 0 saturated carbocycles. The molecule has 0 aliphatic rings. The molecule has 0 aliphatic carbocycles. The summed E-state index contributed by atoms with van der Waals surface area (Å²) in [6, 6.07) is 3.45. The monoisotopic (exact) mass is 414 g/mol. The number of rotatable bonds is 3. The van der Waals surface area contributed by atoms with Crippen LogP contribution in [0.1, 0.15) is 5.56 Å². The molecule has 0 atom stereocenters. The van der Waals surface area contributed by atoms with Gasteiger partial charge in [0.2, 0.25) is 0 Å². The van der Waals surface area contributed by atoms with Gasteiger partial charge in [-0.05, 0) is 36.2 Å². The molecule has 4 nitrogen and oxygen atoms in total. The number of benzene rings is 2. The summed E-state index contributed by atoms with van der Waals surface area (Å²) in [7, 11) is 0. The Kier molecular flexibility index (Phi) is 4.94. The van der Waals surface area contributed by atoms with Crippen molar-refractivity contribution in [3.63, 3.8) is 0 Å². The lowest BCUT2D eigenvalue weighted by atomic mass is 10.0. The highest BCUT2D eigenvalue weighted by Gasteiger charge is 2.20. The summed E-state index contributed by atoms with van der Waals surface area (Å²) in [6.07, 6.45) is 5.96. The Morgan fingerprint density at radius 1 is 0.567 bits per heavy atom. The molecule has 4 aromatic rings. The van der Waals surface area contributed by atoms with Crippen LogP contribution in [0.4, 0.5) is 22.0 Å². The maximum atomic E-state index is 14.6. The Hall–Kier alpha value is -3.75. The molecular formula is C21H11F5N4. The van der Waals surface area contributed by atoms with E-state index in [9.17, 15) is 22.0 Å². The molecular weight excluding hydrogens is 403 g/mol. The van der Waals surface area contributed by atoms with Gasteiger partial charge in [-0.3, -0.25) is 0 Å². The number of aryl methyl sites for hydroxylation is 1. The van der Waals surface area contributed by atoms with Gasteiger partial charge in [0.1, 0.15) is 0 Å². The standard InChI is InChI=1S/C21H11F5N4/c1-10-6-27-20(28-7-10)12-8-29-21(30-9-12)14-3-2-13(17(24)18(14)25)11-4-15(22)19(26)16(23)5-11/h2-9H,1H3. The van der Waals surface area contributed by atoms with Crippen LogP contribution in [-0.4, -0.2) is 19.9 Å². The van der Waals surface area contributed by atoms with E-state index in [-0.39, 0.29) is 17.0 Å². The number of nitrogens with zero attached hydrogens (tertiary/aromatic N) is 4. The molecule has 2 aromatic heterocycles. The van der Waals surface area contributed by atoms with Gasteiger partial charge in [0.05, 0.1) is 11.1 Å². The molecule has 2 heterocycles. The predicted molar refractivity (Wildman–Crippen MR) is 98.5 cm³/mol. The van der Waals surface area contributed by atoms with Crippen LogP contribution in [0.25, 0.3) is 33.9 Å². The molecule has 0 radical (unpaired) electrons. The van der Waals surface area contributed by atoms with Crippen LogP contribution >= 0.6 is 0 Å². The Morgan fingerprint density at radius 3 is 1.67 bits per heavy atom. The Morgan fingerprint density at radius 2 is 1.07 bits per heavy atom. The highest BCUT2D eigenvalue weighted by molar-refractivity contribution is 5.69. The van der Waals surface area contributed by atoms with Crippen LogP contribution < -0.4 is 0 Å². The first-order chi connectivity index (χ1) is 14.3. The van der Waals surface area contributed by atoms with E-state index >= 15 is 0 Å². The average molecular weight is 414 g/mol. The lowest BCUT2D eigenvalue weighted by molar-refractivity contribution is 0.447. The fraction of sp³-hybridized carbons (Fsp3) is 0.0476. The second kappa shape index (κ2) is 7.58. The van der Waals surface area contributed by atoms with Crippen molar-refractivity contribution in [2.24, 2.45) is 0 Å². The second-order valence-electron chi connectivity index (χ2n) is 6.42. The fourth-order valence-electron chi connectivity index (χ4n) is 2.78. The maximum absolute atomic E-state index is 14.6. The molecule has 0 aliphatic heterocycles. The molecule has 0 N–H and O–H groups in total. The number of hydrogen-bond acceptors (Lipinski definition) is 4. The van der Waals surface area contributed by atoms with Crippen molar-refractivity contribution in [3.05, 3.63) is 83.7 Å². The largest absolute Gasteiger partial charge is 0.236 e. The van der Waals surface area contributed by atoms with Gasteiger partial charge in [0.15, 0.2) is 40.7 Å². The molecule has 0 fully saturated rings. The zero-order valence-electron chi connectivity index (χ0n) is 15.3. The van der Waals surface area contributed by atoms with E-state index in [1.165, 1.54) is 18.5 Å². The molecule has 0 spiro atoms. The van der Waals surface area contributed by atoms with Crippen molar-refractivity contribution in [2.75, 3.05) is 0 Å². The number of hydrogen-bond donors (Lipinski definition) is 0. The molecule has 4 rings (SSSR count). The van der Waals surface area contributed by atoms with Crippen molar-refractivity contribution in [3.8, 4) is 33.9 Å². The molecule has 0 amide bonds. The lowest BCUT2D eigenvalue weighted by Gasteiger charge is -2.09. The van der Waals surface area contributed by atoms with Crippen LogP contribution in [0.5, 0.6) is 0 Å². The number of aromatic nitrogens is 4. The zero-order chi connectivity index (χ0) is 21.4. The summed E-state index contributed by atoms with van der Waals surface area (Å²) < 4.78 is 69.2. The first-order valence-corrected chi connectivity index (χ1v) is 8.59. The summed E-state index contributed by atoms with van der Waals surface area (Å²) in [5.74, 6) is -7.12. The fourth-order valence-corrected chi connectivity index (χ4v) is 2.78. The normalized spacial score (nSPS) is 11.0. The van der Waals surface area contributed by atoms with Crippen molar-refractivity contribution in [1.82, 2.24) is 19.9 Å². The van der Waals surface area contributed by atoms with Crippen LogP contribution in [0.15, 0.2) is 49.1 Å². The molecule has 9 heteroatoms. The van der Waals surface area contributed by atoms with Crippen molar-refractivity contribution >= 4 is 0 Å². The third-order valence-corrected chi connectivity index (χ3v) is 4.31. The van der Waals surface area contributed by atoms with Gasteiger partial charge in [0, 0.05) is 30.4 Å². The van der Waals surface area contributed by atoms with Gasteiger partial charge in [-0.1, -0.05) is 6.07 Å². The molecule has 0 unspecified atom stereocenters. The smallest absolute Gasteiger partial charge is 0.194 e. The van der Waals surface area contributed by atoms with Gasteiger partial charge in [-0.25, -0.2) is 41.9 Å². The summed E-state index contributed by atoms with van der Waals surface area (Å²) in [4.78, 5) is 16.3. The first-order valence-electron chi connectivity index (χ1n) is 8.59. The molecule has 0 bridgehead atoms. The van der Waals surface area contributed by atoms with Crippen molar-refractivity contribution < 1.29 is 22.0 Å². The van der Waals surface area contributed by atoms with Crippen LogP contribution in [-0.2, 0) is 0 Å². The zero-order valence-corrected chi connectivity index (χ0v) is 15.3. The van der Waals surface area contributed by atoms with Gasteiger partial charge in [0.25, 0.3) is 0 Å². The van der Waals surface area contributed by atoms with Gasteiger partial charge in [-0.2, -0.15) is 0 Å². The van der Waals surface area contributed by atoms with E-state index in [0.717, 1.165) is 11.6 Å². The van der Waals surface area contributed by atoms with E-state index in [0.29, 0.717) is 23.5 Å². The predicted octanol–water partition coefficient (Wildman–Crippen LogP) is 5.27. The van der Waals surface area contributed by atoms with Gasteiger partial charge in [-0.15, -0.1) is 0 Å². The first kappa shape index (κ1) is 19.6. The van der Waals surface area contributed by atoms with Crippen LogP contribution in [0, 0.1) is 36.0 Å². The van der Waals surface area contributed by atoms with Gasteiger partial charge < -0.3 is 0 Å². The highest BCUT2D eigenvalue weighted by atomic mass is 19.2. The summed E-state index contributed by atoms with van der Waals surface area (Å²) in [5.41, 5.74) is 0.319. The van der Waals surface area contributed by atoms with Crippen LogP contribution in [0.3, 0.4) is 0 Å². The minimum absolute atomic E-state index is 0.106. The van der Waals surface area contributed by atoms with Crippen molar-refractivity contribution in [1.29, 1.82) is 0 Å². The molecule has 30 heavy (non-hydrogen) atoms. The second-order valence-corrected chi connectivity index (χ2v) is 6.42. The number of halogens is 5. The summed E-state index contributed by atoms with van der Waals surface area (Å²) in [6.45, 7) is 1.83. The van der Waals surface area contributed by atoms with Gasteiger partial charge >= 0.3 is 0 Å². The van der Waals surface area contributed by atoms with E-state index in [4.69, 9.17) is 0 Å². The van der Waals surface area contributed by atoms with E-state index in [1.807, 2.05) is 6.92 Å². The van der Waals surface area contributed by atoms with E-state index < -0.39 is 34.6 Å². The minimum atomic E-state index is -1.69. The summed E-state index contributed by atoms with van der Waals surface area (Å²) in [5, 5.41) is 0. The van der Waals surface area contributed by atoms with Crippen LogP contribution in [0.2, 0.25) is 0 Å². The maximum Gasteiger partial charge on any atom is 0.194 e. The third kappa shape index (κ3) is 3.49.